The molecule has 2 aromatic rings. The summed E-state index contributed by atoms with van der Waals surface area (Å²) in [6, 6.07) is 13.2. The number of imide groups is 1. The molecule has 1 heterocycles. The lowest BCUT2D eigenvalue weighted by Gasteiger charge is -2.27. The number of likely N-dealkylation sites (N-methyl/N-ethyl adjacent to an activating group) is 1. The maximum absolute atomic E-state index is 13.1. The van der Waals surface area contributed by atoms with Gasteiger partial charge in [0.05, 0.1) is 5.69 Å². The SMILES string of the molecule is CCCC1(CCC)NC(=O)N(CC(=O)N(CC)c2cccc3ccccc23)C1=O. The van der Waals surface area contributed by atoms with Crippen molar-refractivity contribution in [3.8, 4) is 0 Å². The van der Waals surface area contributed by atoms with Crippen molar-refractivity contribution in [2.45, 2.75) is 52.0 Å². The zero-order valence-corrected chi connectivity index (χ0v) is 17.4. The number of carbonyl (C=O) groups excluding carboxylic acids is 3. The summed E-state index contributed by atoms with van der Waals surface area (Å²) in [5.74, 6) is -0.551. The fourth-order valence-electron chi connectivity index (χ4n) is 4.28. The molecule has 1 aliphatic heterocycles. The van der Waals surface area contributed by atoms with E-state index in [4.69, 9.17) is 0 Å². The average molecular weight is 396 g/mol. The number of anilines is 1. The molecule has 0 radical (unpaired) electrons. The Morgan fingerprint density at radius 3 is 2.31 bits per heavy atom. The molecule has 4 amide bonds. The van der Waals surface area contributed by atoms with E-state index in [-0.39, 0.29) is 18.4 Å². The highest BCUT2D eigenvalue weighted by Crippen LogP contribution is 2.30. The van der Waals surface area contributed by atoms with Crippen molar-refractivity contribution in [2.24, 2.45) is 0 Å². The molecule has 0 spiro atoms. The van der Waals surface area contributed by atoms with Gasteiger partial charge in [0.1, 0.15) is 12.1 Å². The summed E-state index contributed by atoms with van der Waals surface area (Å²) in [7, 11) is 0. The van der Waals surface area contributed by atoms with E-state index in [1.54, 1.807) is 4.90 Å². The van der Waals surface area contributed by atoms with Crippen LogP contribution in [0.2, 0.25) is 0 Å². The van der Waals surface area contributed by atoms with Gasteiger partial charge in [0.25, 0.3) is 5.91 Å². The van der Waals surface area contributed by atoms with Gasteiger partial charge in [-0.3, -0.25) is 14.5 Å². The molecule has 0 atom stereocenters. The van der Waals surface area contributed by atoms with Crippen LogP contribution < -0.4 is 10.2 Å². The maximum atomic E-state index is 13.1. The van der Waals surface area contributed by atoms with E-state index in [9.17, 15) is 14.4 Å². The van der Waals surface area contributed by atoms with Gasteiger partial charge in [-0.05, 0) is 31.2 Å². The van der Waals surface area contributed by atoms with E-state index < -0.39 is 11.6 Å². The van der Waals surface area contributed by atoms with E-state index in [0.29, 0.717) is 19.4 Å². The van der Waals surface area contributed by atoms with Crippen LogP contribution in [0.25, 0.3) is 10.8 Å². The number of hydrogen-bond acceptors (Lipinski definition) is 3. The first-order valence-corrected chi connectivity index (χ1v) is 10.4. The topological polar surface area (TPSA) is 69.7 Å². The van der Waals surface area contributed by atoms with Gasteiger partial charge < -0.3 is 10.2 Å². The quantitative estimate of drug-likeness (QED) is 0.685. The van der Waals surface area contributed by atoms with Crippen LogP contribution in [0, 0.1) is 0 Å². The lowest BCUT2D eigenvalue weighted by atomic mass is 9.88. The van der Waals surface area contributed by atoms with Crippen LogP contribution in [0.15, 0.2) is 42.5 Å². The Labute approximate surface area is 171 Å². The summed E-state index contributed by atoms with van der Waals surface area (Å²) in [5.41, 5.74) is -0.0896. The van der Waals surface area contributed by atoms with Crippen molar-refractivity contribution in [2.75, 3.05) is 18.0 Å². The number of rotatable bonds is 8. The first-order chi connectivity index (χ1) is 14.0. The van der Waals surface area contributed by atoms with Crippen LogP contribution in [-0.4, -0.2) is 41.4 Å². The molecular formula is C23H29N3O3. The standard InChI is InChI=1S/C23H29N3O3/c1-4-14-23(15-5-2)21(28)26(22(29)24-23)16-20(27)25(6-3)19-13-9-11-17-10-7-8-12-18(17)19/h7-13H,4-6,14-16H2,1-3H3,(H,24,29). The molecule has 1 aliphatic rings. The largest absolute Gasteiger partial charge is 0.325 e. The first-order valence-electron chi connectivity index (χ1n) is 10.4. The van der Waals surface area contributed by atoms with E-state index in [1.165, 1.54) is 0 Å². The molecule has 1 fully saturated rings. The molecule has 3 rings (SSSR count). The highest BCUT2D eigenvalue weighted by atomic mass is 16.2. The van der Waals surface area contributed by atoms with Crippen LogP contribution >= 0.6 is 0 Å². The molecule has 0 aliphatic carbocycles. The zero-order chi connectivity index (χ0) is 21.0. The summed E-state index contributed by atoms with van der Waals surface area (Å²) >= 11 is 0. The third-order valence-electron chi connectivity index (χ3n) is 5.57. The molecule has 6 nitrogen and oxygen atoms in total. The van der Waals surface area contributed by atoms with E-state index in [1.807, 2.05) is 63.2 Å². The smallest absolute Gasteiger partial charge is 0.323 e. The molecule has 1 saturated heterocycles. The molecule has 6 heteroatoms. The summed E-state index contributed by atoms with van der Waals surface area (Å²) in [4.78, 5) is 41.5. The van der Waals surface area contributed by atoms with E-state index in [0.717, 1.165) is 34.2 Å². The van der Waals surface area contributed by atoms with Gasteiger partial charge in [-0.25, -0.2) is 4.79 Å². The molecule has 1 N–H and O–H groups in total. The van der Waals surface area contributed by atoms with Gasteiger partial charge in [-0.1, -0.05) is 63.1 Å². The number of urea groups is 1. The number of hydrogen-bond donors (Lipinski definition) is 1. The Balaban J connectivity index is 1.86. The predicted molar refractivity (Wildman–Crippen MR) is 115 cm³/mol. The second-order valence-corrected chi connectivity index (χ2v) is 7.54. The minimum Gasteiger partial charge on any atom is -0.323 e. The Morgan fingerprint density at radius 1 is 1.00 bits per heavy atom. The van der Waals surface area contributed by atoms with Gasteiger partial charge in [-0.15, -0.1) is 0 Å². The zero-order valence-electron chi connectivity index (χ0n) is 17.4. The first kappa shape index (κ1) is 20.8. The van der Waals surface area contributed by atoms with Crippen molar-refractivity contribution >= 4 is 34.3 Å². The maximum Gasteiger partial charge on any atom is 0.325 e. The number of carbonyl (C=O) groups is 3. The predicted octanol–water partition coefficient (Wildman–Crippen LogP) is 4.08. The van der Waals surface area contributed by atoms with Crippen LogP contribution in [-0.2, 0) is 9.59 Å². The number of nitrogens with zero attached hydrogens (tertiary/aromatic N) is 2. The Bertz CT molecular complexity index is 913. The third-order valence-corrected chi connectivity index (χ3v) is 5.57. The number of amides is 4. The normalized spacial score (nSPS) is 15.6. The van der Waals surface area contributed by atoms with Gasteiger partial charge >= 0.3 is 6.03 Å². The van der Waals surface area contributed by atoms with Crippen molar-refractivity contribution < 1.29 is 14.4 Å². The second kappa shape index (κ2) is 8.64. The number of benzene rings is 2. The average Bonchev–Trinajstić information content (AvgIpc) is 2.93. The van der Waals surface area contributed by atoms with Crippen LogP contribution in [0.1, 0.15) is 46.5 Å². The molecule has 29 heavy (non-hydrogen) atoms. The van der Waals surface area contributed by atoms with Crippen molar-refractivity contribution in [1.82, 2.24) is 10.2 Å². The highest BCUT2D eigenvalue weighted by molar-refractivity contribution is 6.11. The summed E-state index contributed by atoms with van der Waals surface area (Å²) in [6.07, 6.45) is 2.73. The van der Waals surface area contributed by atoms with Crippen molar-refractivity contribution in [1.29, 1.82) is 0 Å². The highest BCUT2D eigenvalue weighted by Gasteiger charge is 2.50. The monoisotopic (exact) mass is 395 g/mol. The van der Waals surface area contributed by atoms with Crippen LogP contribution in [0.4, 0.5) is 10.5 Å². The minimum atomic E-state index is -0.878. The Hall–Kier alpha value is -2.89. The third kappa shape index (κ3) is 3.84. The lowest BCUT2D eigenvalue weighted by Crippen LogP contribution is -2.48. The fourth-order valence-corrected chi connectivity index (χ4v) is 4.28. The minimum absolute atomic E-state index is 0.253. The van der Waals surface area contributed by atoms with Crippen molar-refractivity contribution in [3.05, 3.63) is 42.5 Å². The Morgan fingerprint density at radius 2 is 1.66 bits per heavy atom. The van der Waals surface area contributed by atoms with Gasteiger partial charge in [0.15, 0.2) is 0 Å². The summed E-state index contributed by atoms with van der Waals surface area (Å²) < 4.78 is 0. The van der Waals surface area contributed by atoms with Crippen LogP contribution in [0.5, 0.6) is 0 Å². The van der Waals surface area contributed by atoms with Gasteiger partial charge in [0.2, 0.25) is 5.91 Å². The van der Waals surface area contributed by atoms with Gasteiger partial charge in [-0.2, -0.15) is 0 Å². The fraction of sp³-hybridized carbons (Fsp3) is 0.435. The molecular weight excluding hydrogens is 366 g/mol. The molecule has 0 bridgehead atoms. The molecule has 154 valence electrons. The molecule has 0 saturated carbocycles. The summed E-state index contributed by atoms with van der Waals surface area (Å²) in [6.45, 7) is 6.07. The Kier molecular flexibility index (Phi) is 6.20. The van der Waals surface area contributed by atoms with Gasteiger partial charge in [0, 0.05) is 11.9 Å². The number of nitrogens with one attached hydrogen (secondary N) is 1. The van der Waals surface area contributed by atoms with Crippen LogP contribution in [0.3, 0.4) is 0 Å². The number of fused-ring (bicyclic) bond motifs is 1. The van der Waals surface area contributed by atoms with Crippen molar-refractivity contribution in [3.63, 3.8) is 0 Å². The van der Waals surface area contributed by atoms with E-state index in [2.05, 4.69) is 5.32 Å². The molecule has 2 aromatic carbocycles. The summed E-state index contributed by atoms with van der Waals surface area (Å²) in [5, 5.41) is 4.87. The molecule has 0 unspecified atom stereocenters. The second-order valence-electron chi connectivity index (χ2n) is 7.54. The molecule has 0 aromatic heterocycles. The van der Waals surface area contributed by atoms with E-state index >= 15 is 0 Å². The lowest BCUT2D eigenvalue weighted by molar-refractivity contribution is -0.134.